The first-order valence-electron chi connectivity index (χ1n) is 11.5. The Hall–Kier alpha value is -3.04. The van der Waals surface area contributed by atoms with E-state index in [9.17, 15) is 4.79 Å². The van der Waals surface area contributed by atoms with Gasteiger partial charge in [0.2, 0.25) is 0 Å². The third-order valence-electron chi connectivity index (χ3n) is 6.74. The minimum Gasteiger partial charge on any atom is -0.372 e. The zero-order valence-electron chi connectivity index (χ0n) is 19.3. The van der Waals surface area contributed by atoms with Crippen LogP contribution in [0.2, 0.25) is 5.02 Å². The van der Waals surface area contributed by atoms with Crippen LogP contribution < -0.4 is 10.6 Å². The molecule has 1 aliphatic heterocycles. The molecule has 2 unspecified atom stereocenters. The number of hydrogen-bond donors (Lipinski definition) is 2. The Morgan fingerprint density at radius 1 is 0.848 bits per heavy atom. The lowest BCUT2D eigenvalue weighted by molar-refractivity contribution is -0.116. The molecular formula is C29H29ClN2O. The molecule has 3 nitrogen and oxygen atoms in total. The van der Waals surface area contributed by atoms with Crippen molar-refractivity contribution in [1.29, 1.82) is 0 Å². The van der Waals surface area contributed by atoms with Crippen molar-refractivity contribution in [2.45, 2.75) is 51.0 Å². The number of hydrogen-bond acceptors (Lipinski definition) is 3. The Labute approximate surface area is 200 Å². The van der Waals surface area contributed by atoms with Gasteiger partial charge in [-0.25, -0.2) is 0 Å². The van der Waals surface area contributed by atoms with Gasteiger partial charge >= 0.3 is 0 Å². The van der Waals surface area contributed by atoms with E-state index in [1.807, 2.05) is 42.5 Å². The van der Waals surface area contributed by atoms with E-state index in [4.69, 9.17) is 11.6 Å². The molecule has 168 valence electrons. The van der Waals surface area contributed by atoms with Gasteiger partial charge in [0.25, 0.3) is 0 Å². The van der Waals surface area contributed by atoms with E-state index < -0.39 is 0 Å². The highest BCUT2D eigenvalue weighted by molar-refractivity contribution is 6.30. The van der Waals surface area contributed by atoms with Crippen molar-refractivity contribution in [1.82, 2.24) is 0 Å². The Morgan fingerprint density at radius 3 is 2.27 bits per heavy atom. The van der Waals surface area contributed by atoms with Gasteiger partial charge in [-0.15, -0.1) is 0 Å². The van der Waals surface area contributed by atoms with Crippen molar-refractivity contribution in [2.75, 3.05) is 10.6 Å². The Morgan fingerprint density at radius 2 is 1.58 bits per heavy atom. The molecule has 4 heteroatoms. The maximum absolute atomic E-state index is 13.6. The van der Waals surface area contributed by atoms with Crippen LogP contribution >= 0.6 is 11.6 Å². The van der Waals surface area contributed by atoms with E-state index in [0.717, 1.165) is 34.6 Å². The molecule has 0 bridgehead atoms. The molecule has 2 aliphatic rings. The number of carbonyl (C=O) groups excluding carboxylic acids is 1. The molecule has 2 N–H and O–H groups in total. The van der Waals surface area contributed by atoms with Gasteiger partial charge in [0.05, 0.1) is 17.4 Å². The van der Waals surface area contributed by atoms with Crippen LogP contribution in [0.1, 0.15) is 62.3 Å². The first-order chi connectivity index (χ1) is 15.8. The summed E-state index contributed by atoms with van der Waals surface area (Å²) < 4.78 is 0. The van der Waals surface area contributed by atoms with Gasteiger partial charge < -0.3 is 10.6 Å². The normalized spacial score (nSPS) is 20.3. The Balaban J connectivity index is 1.55. The van der Waals surface area contributed by atoms with Crippen LogP contribution in [0, 0.1) is 0 Å². The Kier molecular flexibility index (Phi) is 5.54. The quantitative estimate of drug-likeness (QED) is 0.416. The van der Waals surface area contributed by atoms with Crippen LogP contribution in [0.5, 0.6) is 0 Å². The lowest BCUT2D eigenvalue weighted by Crippen LogP contribution is -2.27. The number of halogens is 1. The molecule has 33 heavy (non-hydrogen) atoms. The highest BCUT2D eigenvalue weighted by Crippen LogP contribution is 2.44. The second-order valence-electron chi connectivity index (χ2n) is 10.1. The number of allylic oxidation sites excluding steroid dienone is 1. The summed E-state index contributed by atoms with van der Waals surface area (Å²) in [6.07, 6.45) is 1.30. The smallest absolute Gasteiger partial charge is 0.163 e. The van der Waals surface area contributed by atoms with E-state index in [1.165, 1.54) is 11.1 Å². The van der Waals surface area contributed by atoms with E-state index >= 15 is 0 Å². The maximum atomic E-state index is 13.6. The molecule has 3 aromatic carbocycles. The fourth-order valence-corrected chi connectivity index (χ4v) is 5.12. The van der Waals surface area contributed by atoms with Gasteiger partial charge in [-0.2, -0.15) is 0 Å². The number of ketones is 1. The first-order valence-corrected chi connectivity index (χ1v) is 11.9. The molecule has 1 aliphatic carbocycles. The number of benzene rings is 3. The second kappa shape index (κ2) is 8.39. The molecule has 1 heterocycles. The van der Waals surface area contributed by atoms with Crippen molar-refractivity contribution in [3.8, 4) is 0 Å². The predicted octanol–water partition coefficient (Wildman–Crippen LogP) is 7.62. The summed E-state index contributed by atoms with van der Waals surface area (Å²) in [7, 11) is 0. The fourth-order valence-electron chi connectivity index (χ4n) is 4.92. The fraction of sp³-hybridized carbons (Fsp3) is 0.276. The van der Waals surface area contributed by atoms with Crippen LogP contribution in [0.15, 0.2) is 84.1 Å². The van der Waals surface area contributed by atoms with Crippen LogP contribution in [0.3, 0.4) is 0 Å². The van der Waals surface area contributed by atoms with Crippen molar-refractivity contribution in [2.24, 2.45) is 0 Å². The van der Waals surface area contributed by atoms with Crippen molar-refractivity contribution < 1.29 is 4.79 Å². The van der Waals surface area contributed by atoms with Gasteiger partial charge in [0, 0.05) is 22.7 Å². The standard InChI is InChI=1S/C29H29ClN2O/c1-29(2,3)21-13-11-18(12-14-21)20-16-25-27(26(33)17-20)28(19-7-6-8-22(30)15-19)32-24-10-5-4-9-23(24)31-25/h4-15,20,28,31-32H,16-17H2,1-3H3. The summed E-state index contributed by atoms with van der Waals surface area (Å²) in [5.74, 6) is 0.335. The number of Topliss-reactive ketones (excluding diaryl/α,β-unsaturated/α-hetero) is 1. The van der Waals surface area contributed by atoms with Crippen LogP contribution in [-0.4, -0.2) is 5.78 Å². The summed E-state index contributed by atoms with van der Waals surface area (Å²) in [4.78, 5) is 13.6. The summed E-state index contributed by atoms with van der Waals surface area (Å²) >= 11 is 6.32. The molecule has 0 amide bonds. The average Bonchev–Trinajstić information content (AvgIpc) is 2.95. The SMILES string of the molecule is CC(C)(C)c1ccc(C2CC(=O)C3=C(C2)Nc2ccccc2NC3c2cccc(Cl)c2)cc1. The van der Waals surface area contributed by atoms with E-state index in [2.05, 4.69) is 61.7 Å². The van der Waals surface area contributed by atoms with Gasteiger partial charge in [-0.1, -0.05) is 80.9 Å². The summed E-state index contributed by atoms with van der Waals surface area (Å²) in [5, 5.41) is 7.88. The highest BCUT2D eigenvalue weighted by atomic mass is 35.5. The number of carbonyl (C=O) groups is 1. The zero-order valence-corrected chi connectivity index (χ0v) is 20.0. The monoisotopic (exact) mass is 456 g/mol. The topological polar surface area (TPSA) is 41.1 Å². The van der Waals surface area contributed by atoms with Crippen molar-refractivity contribution >= 4 is 28.8 Å². The minimum atomic E-state index is -0.244. The van der Waals surface area contributed by atoms with Crippen LogP contribution in [0.25, 0.3) is 0 Å². The first kappa shape index (κ1) is 21.8. The number of rotatable bonds is 2. The van der Waals surface area contributed by atoms with E-state index in [0.29, 0.717) is 11.4 Å². The van der Waals surface area contributed by atoms with E-state index in [1.54, 1.807) is 0 Å². The number of anilines is 2. The molecule has 5 rings (SSSR count). The number of nitrogens with one attached hydrogen (secondary N) is 2. The molecule has 0 spiro atoms. The zero-order chi connectivity index (χ0) is 23.2. The maximum Gasteiger partial charge on any atom is 0.163 e. The molecule has 2 atom stereocenters. The second-order valence-corrected chi connectivity index (χ2v) is 10.5. The lowest BCUT2D eigenvalue weighted by atomic mass is 9.77. The van der Waals surface area contributed by atoms with Gasteiger partial charge in [0.15, 0.2) is 5.78 Å². The largest absolute Gasteiger partial charge is 0.372 e. The summed E-state index contributed by atoms with van der Waals surface area (Å²) in [6.45, 7) is 6.66. The third kappa shape index (κ3) is 4.30. The molecule has 0 saturated carbocycles. The molecule has 0 aromatic heterocycles. The Bertz CT molecular complexity index is 1240. The molecule has 0 radical (unpaired) electrons. The molecule has 3 aromatic rings. The molecule has 0 saturated heterocycles. The van der Waals surface area contributed by atoms with Crippen LogP contribution in [0.4, 0.5) is 11.4 Å². The van der Waals surface area contributed by atoms with Crippen LogP contribution in [-0.2, 0) is 10.2 Å². The number of para-hydroxylation sites is 2. The third-order valence-corrected chi connectivity index (χ3v) is 6.97. The summed E-state index contributed by atoms with van der Waals surface area (Å²) in [6, 6.07) is 24.5. The van der Waals surface area contributed by atoms with E-state index in [-0.39, 0.29) is 23.2 Å². The molecule has 0 fully saturated rings. The minimum absolute atomic E-state index is 0.110. The van der Waals surface area contributed by atoms with Gasteiger partial charge in [-0.3, -0.25) is 4.79 Å². The van der Waals surface area contributed by atoms with Gasteiger partial charge in [0.1, 0.15) is 0 Å². The number of fused-ring (bicyclic) bond motifs is 1. The predicted molar refractivity (Wildman–Crippen MR) is 137 cm³/mol. The highest BCUT2D eigenvalue weighted by Gasteiger charge is 2.36. The van der Waals surface area contributed by atoms with Crippen molar-refractivity contribution in [3.05, 3.63) is 106 Å². The lowest BCUT2D eigenvalue weighted by Gasteiger charge is -2.30. The average molecular weight is 457 g/mol. The molecular weight excluding hydrogens is 428 g/mol. The van der Waals surface area contributed by atoms with Crippen molar-refractivity contribution in [3.63, 3.8) is 0 Å². The van der Waals surface area contributed by atoms with Gasteiger partial charge in [-0.05, 0) is 58.7 Å². The summed E-state index contributed by atoms with van der Waals surface area (Å²) in [5.41, 5.74) is 7.42.